The summed E-state index contributed by atoms with van der Waals surface area (Å²) in [5.74, 6) is -0.803. The first-order valence-corrected chi connectivity index (χ1v) is 15.2. The maximum Gasteiger partial charge on any atom is 0.244 e. The number of hydrogen-bond donors (Lipinski definition) is 1. The number of halogens is 3. The minimum atomic E-state index is -3.80. The first-order valence-electron chi connectivity index (χ1n) is 11.8. The molecule has 2 aromatic rings. The molecule has 7 nitrogen and oxygen atoms in total. The lowest BCUT2D eigenvalue weighted by molar-refractivity contribution is -0.140. The Kier molecular flexibility index (Phi) is 10.1. The van der Waals surface area contributed by atoms with Crippen LogP contribution < -0.4 is 9.62 Å². The van der Waals surface area contributed by atoms with E-state index in [2.05, 4.69) is 21.2 Å². The molecule has 1 aliphatic rings. The van der Waals surface area contributed by atoms with Crippen molar-refractivity contribution in [1.82, 2.24) is 10.2 Å². The summed E-state index contributed by atoms with van der Waals surface area (Å²) in [6, 6.07) is 10.9. The predicted molar refractivity (Wildman–Crippen MR) is 148 cm³/mol. The van der Waals surface area contributed by atoms with Gasteiger partial charge in [0.25, 0.3) is 0 Å². The Balaban J connectivity index is 1.96. The van der Waals surface area contributed by atoms with Crippen LogP contribution in [0.5, 0.6) is 0 Å². The minimum absolute atomic E-state index is 0.0358. The molecule has 0 unspecified atom stereocenters. The lowest BCUT2D eigenvalue weighted by atomic mass is 10.1. The van der Waals surface area contributed by atoms with Crippen LogP contribution in [0, 0.1) is 0 Å². The molecule has 1 aliphatic carbocycles. The summed E-state index contributed by atoms with van der Waals surface area (Å²) in [6.45, 7) is 1.30. The molecule has 2 aromatic carbocycles. The number of benzene rings is 2. The van der Waals surface area contributed by atoms with Gasteiger partial charge in [0, 0.05) is 32.7 Å². The lowest BCUT2D eigenvalue weighted by Gasteiger charge is -2.33. The molecule has 1 fully saturated rings. The van der Waals surface area contributed by atoms with Crippen molar-refractivity contribution in [2.24, 2.45) is 0 Å². The van der Waals surface area contributed by atoms with Crippen LogP contribution in [0.2, 0.25) is 10.0 Å². The first-order chi connectivity index (χ1) is 17.0. The highest BCUT2D eigenvalue weighted by molar-refractivity contribution is 9.10. The number of nitrogens with one attached hydrogen (secondary N) is 1. The highest BCUT2D eigenvalue weighted by Gasteiger charge is 2.33. The number of hydrogen-bond acceptors (Lipinski definition) is 4. The van der Waals surface area contributed by atoms with E-state index in [0.29, 0.717) is 27.7 Å². The van der Waals surface area contributed by atoms with E-state index in [1.165, 1.54) is 4.90 Å². The molecule has 36 heavy (non-hydrogen) atoms. The third kappa shape index (κ3) is 7.37. The number of carbonyl (C=O) groups excluding carboxylic acids is 2. The maximum absolute atomic E-state index is 13.8. The van der Waals surface area contributed by atoms with Gasteiger partial charge in [-0.2, -0.15) is 0 Å². The minimum Gasteiger partial charge on any atom is -0.352 e. The van der Waals surface area contributed by atoms with Gasteiger partial charge in [-0.3, -0.25) is 13.9 Å². The van der Waals surface area contributed by atoms with Crippen LogP contribution in [0.1, 0.15) is 44.6 Å². The second-order valence-corrected chi connectivity index (χ2v) is 12.5. The number of sulfonamides is 1. The monoisotopic (exact) mass is 617 g/mol. The molecule has 1 saturated carbocycles. The number of amides is 2. The van der Waals surface area contributed by atoms with Crippen LogP contribution in [0.25, 0.3) is 0 Å². The Morgan fingerprint density at radius 3 is 2.19 bits per heavy atom. The third-order valence-corrected chi connectivity index (χ3v) is 8.65. The van der Waals surface area contributed by atoms with Crippen LogP contribution in [0.3, 0.4) is 0 Å². The fourth-order valence-corrected chi connectivity index (χ4v) is 5.99. The van der Waals surface area contributed by atoms with E-state index in [1.54, 1.807) is 42.5 Å². The van der Waals surface area contributed by atoms with E-state index in [4.69, 9.17) is 23.2 Å². The van der Waals surface area contributed by atoms with Crippen molar-refractivity contribution in [3.63, 3.8) is 0 Å². The van der Waals surface area contributed by atoms with Crippen molar-refractivity contribution < 1.29 is 18.0 Å². The zero-order chi connectivity index (χ0) is 26.5. The van der Waals surface area contributed by atoms with Gasteiger partial charge < -0.3 is 10.2 Å². The Labute approximate surface area is 231 Å². The van der Waals surface area contributed by atoms with E-state index >= 15 is 0 Å². The molecule has 0 bridgehead atoms. The molecule has 0 radical (unpaired) electrons. The zero-order valence-corrected chi connectivity index (χ0v) is 24.1. The average molecular weight is 619 g/mol. The maximum atomic E-state index is 13.8. The van der Waals surface area contributed by atoms with Gasteiger partial charge in [0.15, 0.2) is 0 Å². The van der Waals surface area contributed by atoms with Gasteiger partial charge in [0.1, 0.15) is 12.6 Å². The van der Waals surface area contributed by atoms with E-state index in [9.17, 15) is 18.0 Å². The summed E-state index contributed by atoms with van der Waals surface area (Å²) in [7, 11) is -3.80. The van der Waals surface area contributed by atoms with Crippen molar-refractivity contribution in [3.8, 4) is 0 Å². The predicted octanol–water partition coefficient (Wildman–Crippen LogP) is 5.39. The quantitative estimate of drug-likeness (QED) is 0.387. The second kappa shape index (κ2) is 12.6. The largest absolute Gasteiger partial charge is 0.352 e. The van der Waals surface area contributed by atoms with Crippen LogP contribution in [-0.2, 0) is 26.2 Å². The van der Waals surface area contributed by atoms with Crippen molar-refractivity contribution in [1.29, 1.82) is 0 Å². The smallest absolute Gasteiger partial charge is 0.244 e. The van der Waals surface area contributed by atoms with E-state index in [1.807, 2.05) is 6.92 Å². The molecule has 0 saturated heterocycles. The van der Waals surface area contributed by atoms with Gasteiger partial charge in [-0.15, -0.1) is 0 Å². The van der Waals surface area contributed by atoms with Crippen molar-refractivity contribution in [2.75, 3.05) is 17.1 Å². The van der Waals surface area contributed by atoms with E-state index in [0.717, 1.165) is 40.7 Å². The van der Waals surface area contributed by atoms with E-state index < -0.39 is 28.5 Å². The molecule has 1 atom stereocenters. The summed E-state index contributed by atoms with van der Waals surface area (Å²) < 4.78 is 27.1. The topological polar surface area (TPSA) is 86.8 Å². The Hall–Kier alpha value is -1.81. The molecule has 3 rings (SSSR count). The summed E-state index contributed by atoms with van der Waals surface area (Å²) in [4.78, 5) is 28.5. The normalized spacial score (nSPS) is 14.9. The number of rotatable bonds is 10. The Morgan fingerprint density at radius 1 is 1.08 bits per heavy atom. The van der Waals surface area contributed by atoms with Crippen LogP contribution in [0.15, 0.2) is 46.9 Å². The second-order valence-electron chi connectivity index (χ2n) is 8.88. The summed E-state index contributed by atoms with van der Waals surface area (Å²) in [6.07, 6.45) is 5.28. The van der Waals surface area contributed by atoms with Crippen molar-refractivity contribution >= 4 is 66.7 Å². The molecular weight excluding hydrogens is 589 g/mol. The fraction of sp³-hybridized carbons (Fsp3) is 0.440. The molecule has 0 heterocycles. The van der Waals surface area contributed by atoms with E-state index in [-0.39, 0.29) is 18.5 Å². The highest BCUT2D eigenvalue weighted by Crippen LogP contribution is 2.28. The molecule has 0 aliphatic heterocycles. The first kappa shape index (κ1) is 28.8. The molecule has 0 aromatic heterocycles. The van der Waals surface area contributed by atoms with Crippen molar-refractivity contribution in [2.45, 2.75) is 57.7 Å². The van der Waals surface area contributed by atoms with Crippen LogP contribution >= 0.6 is 39.1 Å². The molecule has 0 spiro atoms. The van der Waals surface area contributed by atoms with Crippen LogP contribution in [-0.4, -0.2) is 50.0 Å². The Morgan fingerprint density at radius 2 is 1.67 bits per heavy atom. The van der Waals surface area contributed by atoms with Gasteiger partial charge in [-0.25, -0.2) is 8.42 Å². The summed E-state index contributed by atoms with van der Waals surface area (Å²) in [5, 5.41) is 3.79. The summed E-state index contributed by atoms with van der Waals surface area (Å²) >= 11 is 16.1. The van der Waals surface area contributed by atoms with Gasteiger partial charge >= 0.3 is 0 Å². The van der Waals surface area contributed by atoms with Gasteiger partial charge in [0.2, 0.25) is 21.8 Å². The Bertz CT molecular complexity index is 1170. The highest BCUT2D eigenvalue weighted by atomic mass is 79.9. The standard InChI is InChI=1S/C25H30BrCl2N3O4S/c1-3-23(25(33)29-18-7-4-5-8-18)30(15-20-21(27)9-6-10-22(20)28)24(32)16-31(36(2,34)35)19-13-11-17(26)12-14-19/h6,9-14,18,23H,3-5,7-8,15-16H2,1-2H3,(H,29,33)/t23-/m1/s1. The number of nitrogens with zero attached hydrogens (tertiary/aromatic N) is 2. The average Bonchev–Trinajstić information content (AvgIpc) is 3.32. The molecule has 196 valence electrons. The van der Waals surface area contributed by atoms with Gasteiger partial charge in [-0.1, -0.05) is 65.0 Å². The molecule has 11 heteroatoms. The van der Waals surface area contributed by atoms with Crippen molar-refractivity contribution in [3.05, 3.63) is 62.5 Å². The van der Waals surface area contributed by atoms with Gasteiger partial charge in [-0.05, 0) is 55.7 Å². The van der Waals surface area contributed by atoms with Gasteiger partial charge in [0.05, 0.1) is 11.9 Å². The molecular formula is C25H30BrCl2N3O4S. The third-order valence-electron chi connectivity index (χ3n) is 6.27. The molecule has 2 amide bonds. The SMILES string of the molecule is CC[C@H](C(=O)NC1CCCC1)N(Cc1c(Cl)cccc1Cl)C(=O)CN(c1ccc(Br)cc1)S(C)(=O)=O. The lowest BCUT2D eigenvalue weighted by Crippen LogP contribution is -2.53. The summed E-state index contributed by atoms with van der Waals surface area (Å²) in [5.41, 5.74) is 0.837. The fourth-order valence-electron chi connectivity index (χ4n) is 4.36. The van der Waals surface area contributed by atoms with Crippen LogP contribution in [0.4, 0.5) is 5.69 Å². The zero-order valence-electron chi connectivity index (χ0n) is 20.2. The molecule has 1 N–H and O–H groups in total. The number of carbonyl (C=O) groups is 2. The number of anilines is 1.